The van der Waals surface area contributed by atoms with E-state index in [4.69, 9.17) is 16.3 Å². The van der Waals surface area contributed by atoms with Crippen LogP contribution in [0.1, 0.15) is 15.9 Å². The van der Waals surface area contributed by atoms with Crippen LogP contribution in [0, 0.1) is 17.5 Å². The molecule has 0 unspecified atom stereocenters. The van der Waals surface area contributed by atoms with Gasteiger partial charge in [0.25, 0.3) is 0 Å². The fourth-order valence-electron chi connectivity index (χ4n) is 1.66. The minimum absolute atomic E-state index is 0.112. The maximum atomic E-state index is 13.1. The second kappa shape index (κ2) is 5.54. The molecule has 104 valence electrons. The predicted octanol–water partition coefficient (Wildman–Crippen LogP) is 4.00. The topological polar surface area (TPSA) is 26.3 Å². The second-order valence-electron chi connectivity index (χ2n) is 3.93. The Morgan fingerprint density at radius 3 is 2.15 bits per heavy atom. The monoisotopic (exact) mass is 300 g/mol. The average molecular weight is 301 g/mol. The van der Waals surface area contributed by atoms with E-state index in [1.807, 2.05) is 0 Å². The van der Waals surface area contributed by atoms with Crippen molar-refractivity contribution in [2.24, 2.45) is 0 Å². The summed E-state index contributed by atoms with van der Waals surface area (Å²) in [7, 11) is 1.41. The Morgan fingerprint density at radius 1 is 1.05 bits per heavy atom. The van der Waals surface area contributed by atoms with Crippen LogP contribution in [0.4, 0.5) is 13.2 Å². The first-order valence-corrected chi connectivity index (χ1v) is 5.84. The molecule has 0 fully saturated rings. The van der Waals surface area contributed by atoms with Gasteiger partial charge in [-0.2, -0.15) is 0 Å². The molecular formula is C14H8ClF3O2. The van der Waals surface area contributed by atoms with E-state index in [9.17, 15) is 18.0 Å². The minimum Gasteiger partial charge on any atom is -0.495 e. The normalized spacial score (nSPS) is 10.4. The van der Waals surface area contributed by atoms with Crippen molar-refractivity contribution in [1.29, 1.82) is 0 Å². The number of hydrogen-bond donors (Lipinski definition) is 0. The largest absolute Gasteiger partial charge is 0.495 e. The predicted molar refractivity (Wildman–Crippen MR) is 67.8 cm³/mol. The molecule has 0 aromatic heterocycles. The van der Waals surface area contributed by atoms with Crippen molar-refractivity contribution in [3.63, 3.8) is 0 Å². The molecule has 0 aliphatic heterocycles. The van der Waals surface area contributed by atoms with Gasteiger partial charge < -0.3 is 4.74 Å². The van der Waals surface area contributed by atoms with Gasteiger partial charge in [-0.25, -0.2) is 13.2 Å². The van der Waals surface area contributed by atoms with Gasteiger partial charge in [-0.3, -0.25) is 4.79 Å². The molecule has 6 heteroatoms. The average Bonchev–Trinajstić information content (AvgIpc) is 2.43. The third-order valence-electron chi connectivity index (χ3n) is 2.66. The molecule has 0 saturated heterocycles. The molecule has 20 heavy (non-hydrogen) atoms. The molecule has 2 aromatic rings. The molecule has 0 N–H and O–H groups in total. The molecule has 0 aliphatic rings. The van der Waals surface area contributed by atoms with Crippen molar-refractivity contribution in [3.05, 3.63) is 63.9 Å². The molecule has 0 atom stereocenters. The van der Waals surface area contributed by atoms with E-state index < -0.39 is 23.2 Å². The summed E-state index contributed by atoms with van der Waals surface area (Å²) in [5.41, 5.74) is -0.191. The van der Waals surface area contributed by atoms with Gasteiger partial charge in [-0.05, 0) is 30.3 Å². The van der Waals surface area contributed by atoms with Crippen molar-refractivity contribution in [3.8, 4) is 5.75 Å². The number of rotatable bonds is 3. The summed E-state index contributed by atoms with van der Waals surface area (Å²) in [6.07, 6.45) is 0. The van der Waals surface area contributed by atoms with E-state index in [0.717, 1.165) is 0 Å². The lowest BCUT2D eigenvalue weighted by Crippen LogP contribution is -2.04. The summed E-state index contributed by atoms with van der Waals surface area (Å²) < 4.78 is 44.0. The number of halogens is 4. The number of ether oxygens (including phenoxy) is 1. The first-order chi connectivity index (χ1) is 9.43. The van der Waals surface area contributed by atoms with Gasteiger partial charge in [-0.1, -0.05) is 11.6 Å². The highest BCUT2D eigenvalue weighted by molar-refractivity contribution is 6.32. The lowest BCUT2D eigenvalue weighted by molar-refractivity contribution is 0.103. The van der Waals surface area contributed by atoms with Gasteiger partial charge in [0.05, 0.1) is 12.1 Å². The molecule has 2 aromatic carbocycles. The molecule has 0 spiro atoms. The standard InChI is InChI=1S/C14H8ClF3O2/c1-20-12-3-2-7(4-9(12)15)14(19)8-5-10(16)13(18)11(17)6-8/h2-6H,1H3. The van der Waals surface area contributed by atoms with Gasteiger partial charge in [0, 0.05) is 11.1 Å². The Bertz CT molecular complexity index is 663. The quantitative estimate of drug-likeness (QED) is 0.633. The van der Waals surface area contributed by atoms with E-state index >= 15 is 0 Å². The first-order valence-electron chi connectivity index (χ1n) is 5.47. The molecule has 0 aliphatic carbocycles. The van der Waals surface area contributed by atoms with Crippen LogP contribution in [0.3, 0.4) is 0 Å². The van der Waals surface area contributed by atoms with Crippen molar-refractivity contribution in [1.82, 2.24) is 0 Å². The maximum absolute atomic E-state index is 13.1. The number of hydrogen-bond acceptors (Lipinski definition) is 2. The minimum atomic E-state index is -1.62. The summed E-state index contributed by atoms with van der Waals surface area (Å²) in [5.74, 6) is -4.78. The van der Waals surface area contributed by atoms with Crippen LogP contribution in [0.25, 0.3) is 0 Å². The zero-order valence-corrected chi connectivity index (χ0v) is 11.0. The maximum Gasteiger partial charge on any atom is 0.194 e. The number of methoxy groups -OCH3 is 1. The highest BCUT2D eigenvalue weighted by Gasteiger charge is 2.17. The van der Waals surface area contributed by atoms with Gasteiger partial charge in [0.1, 0.15) is 5.75 Å². The van der Waals surface area contributed by atoms with Crippen molar-refractivity contribution < 1.29 is 22.7 Å². The van der Waals surface area contributed by atoms with Crippen LogP contribution in [0.2, 0.25) is 5.02 Å². The molecule has 0 saturated carbocycles. The fraction of sp³-hybridized carbons (Fsp3) is 0.0714. The van der Waals surface area contributed by atoms with Crippen molar-refractivity contribution >= 4 is 17.4 Å². The van der Waals surface area contributed by atoms with Gasteiger partial charge in [-0.15, -0.1) is 0 Å². The summed E-state index contributed by atoms with van der Waals surface area (Å²) in [5, 5.41) is 0.182. The SMILES string of the molecule is COc1ccc(C(=O)c2cc(F)c(F)c(F)c2)cc1Cl. The Kier molecular flexibility index (Phi) is 3.99. The highest BCUT2D eigenvalue weighted by atomic mass is 35.5. The summed E-state index contributed by atoms with van der Waals surface area (Å²) in [6.45, 7) is 0. The van der Waals surface area contributed by atoms with E-state index in [1.54, 1.807) is 0 Å². The third-order valence-corrected chi connectivity index (χ3v) is 2.96. The zero-order valence-electron chi connectivity index (χ0n) is 10.2. The van der Waals surface area contributed by atoms with Gasteiger partial charge in [0.15, 0.2) is 23.2 Å². The number of carbonyl (C=O) groups is 1. The van der Waals surface area contributed by atoms with Crippen LogP contribution in [-0.2, 0) is 0 Å². The van der Waals surface area contributed by atoms with Crippen molar-refractivity contribution in [2.75, 3.05) is 7.11 Å². The number of benzene rings is 2. The zero-order chi connectivity index (χ0) is 14.9. The van der Waals surface area contributed by atoms with E-state index in [1.165, 1.54) is 25.3 Å². The molecule has 2 rings (SSSR count). The van der Waals surface area contributed by atoms with E-state index in [2.05, 4.69) is 0 Å². The fourth-order valence-corrected chi connectivity index (χ4v) is 1.92. The van der Waals surface area contributed by atoms with Crippen LogP contribution in [0.5, 0.6) is 5.75 Å². The first kappa shape index (κ1) is 14.4. The Hall–Kier alpha value is -2.01. The third kappa shape index (κ3) is 2.63. The smallest absolute Gasteiger partial charge is 0.194 e. The highest BCUT2D eigenvalue weighted by Crippen LogP contribution is 2.26. The van der Waals surface area contributed by atoms with Crippen LogP contribution < -0.4 is 4.74 Å². The Labute approximate surface area is 117 Å². The van der Waals surface area contributed by atoms with E-state index in [-0.39, 0.29) is 16.1 Å². The van der Waals surface area contributed by atoms with Crippen LogP contribution >= 0.6 is 11.6 Å². The summed E-state index contributed by atoms with van der Waals surface area (Å²) in [4.78, 5) is 12.1. The van der Waals surface area contributed by atoms with Crippen LogP contribution in [0.15, 0.2) is 30.3 Å². The van der Waals surface area contributed by atoms with Gasteiger partial charge >= 0.3 is 0 Å². The van der Waals surface area contributed by atoms with Gasteiger partial charge in [0.2, 0.25) is 0 Å². The Morgan fingerprint density at radius 2 is 1.65 bits per heavy atom. The molecule has 0 amide bonds. The second-order valence-corrected chi connectivity index (χ2v) is 4.34. The van der Waals surface area contributed by atoms with Crippen LogP contribution in [-0.4, -0.2) is 12.9 Å². The molecule has 2 nitrogen and oxygen atoms in total. The lowest BCUT2D eigenvalue weighted by Gasteiger charge is -2.06. The number of carbonyl (C=O) groups excluding carboxylic acids is 1. The molecule has 0 bridgehead atoms. The Balaban J connectivity index is 2.44. The molecular weight excluding hydrogens is 293 g/mol. The number of ketones is 1. The van der Waals surface area contributed by atoms with Crippen molar-refractivity contribution in [2.45, 2.75) is 0 Å². The summed E-state index contributed by atoms with van der Waals surface area (Å²) >= 11 is 5.86. The lowest BCUT2D eigenvalue weighted by atomic mass is 10.0. The van der Waals surface area contributed by atoms with E-state index in [0.29, 0.717) is 17.9 Å². The molecule has 0 heterocycles. The molecule has 0 radical (unpaired) electrons. The summed E-state index contributed by atoms with van der Waals surface area (Å²) in [6, 6.07) is 5.43.